The number of hydrogen-bond donors (Lipinski definition) is 3. The second-order valence-corrected chi connectivity index (χ2v) is 7.45. The van der Waals surface area contributed by atoms with E-state index in [1.807, 2.05) is 0 Å². The van der Waals surface area contributed by atoms with Gasteiger partial charge in [-0.15, -0.1) is 11.3 Å². The van der Waals surface area contributed by atoms with Crippen LogP contribution < -0.4 is 15.6 Å². The summed E-state index contributed by atoms with van der Waals surface area (Å²) in [6.07, 6.45) is 0. The summed E-state index contributed by atoms with van der Waals surface area (Å²) in [7, 11) is 1.48. The number of H-pyrrole nitrogens is 1. The molecule has 0 unspecified atom stereocenters. The molecule has 2 aromatic heterocycles. The number of carboxylic acid groups (broad SMARTS) is 1. The number of benzene rings is 1. The number of thioether (sulfide) groups is 1. The predicted octanol–water partition coefficient (Wildman–Crippen LogP) is 3.08. The fourth-order valence-electron chi connectivity index (χ4n) is 2.25. The monoisotopic (exact) mass is 425 g/mol. The summed E-state index contributed by atoms with van der Waals surface area (Å²) in [6.45, 7) is 0. The molecule has 140 valence electrons. The number of ether oxygens (including phenoxy) is 1. The number of fused-ring (bicyclic) bond motifs is 1. The zero-order chi connectivity index (χ0) is 19.6. The van der Waals surface area contributed by atoms with Crippen LogP contribution >= 0.6 is 34.7 Å². The molecule has 1 aromatic carbocycles. The van der Waals surface area contributed by atoms with E-state index in [9.17, 15) is 14.4 Å². The SMILES string of the molecule is COc1ccc(Cl)cc1NC(=O)CSc1nc2scc(C(=O)O)c2c(=O)[nH]1. The standard InChI is InChI=1S/C16H12ClN3O5S2/c1-25-10-3-2-7(17)4-9(10)18-11(21)6-27-16-19-13(22)12-8(15(23)24)5-26-14(12)20-16/h2-5H,6H2,1H3,(H,18,21)(H,23,24)(H,19,20,22). The van der Waals surface area contributed by atoms with Gasteiger partial charge >= 0.3 is 5.97 Å². The van der Waals surface area contributed by atoms with E-state index in [0.717, 1.165) is 23.1 Å². The van der Waals surface area contributed by atoms with Crippen molar-refractivity contribution in [2.75, 3.05) is 18.2 Å². The predicted molar refractivity (Wildman–Crippen MR) is 105 cm³/mol. The maximum absolute atomic E-state index is 12.2. The number of aromatic carboxylic acids is 1. The van der Waals surface area contributed by atoms with Crippen LogP contribution in [0.1, 0.15) is 10.4 Å². The molecule has 3 aromatic rings. The van der Waals surface area contributed by atoms with Crippen LogP contribution in [0.4, 0.5) is 5.69 Å². The van der Waals surface area contributed by atoms with Crippen LogP contribution in [0.5, 0.6) is 5.75 Å². The molecule has 3 N–H and O–H groups in total. The number of halogens is 1. The zero-order valence-electron chi connectivity index (χ0n) is 13.7. The lowest BCUT2D eigenvalue weighted by atomic mass is 10.2. The van der Waals surface area contributed by atoms with Crippen LogP contribution in [0.3, 0.4) is 0 Å². The number of carbonyl (C=O) groups is 2. The highest BCUT2D eigenvalue weighted by Crippen LogP contribution is 2.28. The van der Waals surface area contributed by atoms with E-state index >= 15 is 0 Å². The number of nitrogens with zero attached hydrogens (tertiary/aromatic N) is 1. The molecule has 0 bridgehead atoms. The first kappa shape index (κ1) is 19.2. The quantitative estimate of drug-likeness (QED) is 0.409. The Hall–Kier alpha value is -2.56. The first-order chi connectivity index (χ1) is 12.9. The molecule has 0 fully saturated rings. The molecule has 0 saturated heterocycles. The van der Waals surface area contributed by atoms with E-state index in [1.165, 1.54) is 12.5 Å². The summed E-state index contributed by atoms with van der Waals surface area (Å²) < 4.78 is 5.16. The van der Waals surface area contributed by atoms with Gasteiger partial charge in [0.1, 0.15) is 10.6 Å². The average Bonchev–Trinajstić information content (AvgIpc) is 3.05. The minimum absolute atomic E-state index is 0.0265. The van der Waals surface area contributed by atoms with Crippen molar-refractivity contribution in [2.45, 2.75) is 5.16 Å². The average molecular weight is 426 g/mol. The van der Waals surface area contributed by atoms with Crippen molar-refractivity contribution in [2.24, 2.45) is 0 Å². The zero-order valence-corrected chi connectivity index (χ0v) is 16.1. The van der Waals surface area contributed by atoms with Gasteiger partial charge in [0, 0.05) is 10.4 Å². The third-order valence-electron chi connectivity index (χ3n) is 3.43. The maximum atomic E-state index is 12.2. The Balaban J connectivity index is 1.73. The molecule has 11 heteroatoms. The minimum atomic E-state index is -1.19. The molecule has 27 heavy (non-hydrogen) atoms. The molecule has 0 aliphatic heterocycles. The molecule has 0 aliphatic rings. The van der Waals surface area contributed by atoms with Gasteiger partial charge in [0.15, 0.2) is 5.16 Å². The van der Waals surface area contributed by atoms with Crippen LogP contribution in [0.15, 0.2) is 33.5 Å². The van der Waals surface area contributed by atoms with E-state index in [2.05, 4.69) is 15.3 Å². The number of nitrogens with one attached hydrogen (secondary N) is 2. The molecule has 0 saturated carbocycles. The molecule has 8 nitrogen and oxygen atoms in total. The van der Waals surface area contributed by atoms with E-state index in [1.54, 1.807) is 18.2 Å². The molecule has 1 amide bonds. The van der Waals surface area contributed by atoms with Crippen molar-refractivity contribution < 1.29 is 19.4 Å². The highest BCUT2D eigenvalue weighted by Gasteiger charge is 2.17. The first-order valence-electron chi connectivity index (χ1n) is 7.40. The molecule has 0 radical (unpaired) electrons. The normalized spacial score (nSPS) is 10.7. The number of anilines is 1. The van der Waals surface area contributed by atoms with Gasteiger partial charge < -0.3 is 20.1 Å². The van der Waals surface area contributed by atoms with Crippen molar-refractivity contribution in [3.8, 4) is 5.75 Å². The van der Waals surface area contributed by atoms with Crippen molar-refractivity contribution in [3.63, 3.8) is 0 Å². The summed E-state index contributed by atoms with van der Waals surface area (Å²) >= 11 is 8.00. The van der Waals surface area contributed by atoms with E-state index < -0.39 is 11.5 Å². The van der Waals surface area contributed by atoms with Gasteiger partial charge in [-0.05, 0) is 18.2 Å². The summed E-state index contributed by atoms with van der Waals surface area (Å²) in [5, 5.41) is 13.8. The lowest BCUT2D eigenvalue weighted by Crippen LogP contribution is -2.16. The second kappa shape index (κ2) is 7.99. The van der Waals surface area contributed by atoms with E-state index in [4.69, 9.17) is 21.4 Å². The smallest absolute Gasteiger partial charge is 0.337 e. The van der Waals surface area contributed by atoms with Gasteiger partial charge in [-0.25, -0.2) is 9.78 Å². The fourth-order valence-corrected chi connectivity index (χ4v) is 4.06. The topological polar surface area (TPSA) is 121 Å². The molecule has 2 heterocycles. The summed E-state index contributed by atoms with van der Waals surface area (Å²) in [6, 6.07) is 4.84. The Bertz CT molecular complexity index is 1100. The fraction of sp³-hybridized carbons (Fsp3) is 0.125. The molecule has 0 spiro atoms. The number of rotatable bonds is 6. The number of carboxylic acids is 1. The molecule has 0 aliphatic carbocycles. The third kappa shape index (κ3) is 4.24. The van der Waals surface area contributed by atoms with Crippen LogP contribution in [-0.4, -0.2) is 39.8 Å². The number of methoxy groups -OCH3 is 1. The van der Waals surface area contributed by atoms with Crippen molar-refractivity contribution in [1.29, 1.82) is 0 Å². The summed E-state index contributed by atoms with van der Waals surface area (Å²) in [4.78, 5) is 42.5. The lowest BCUT2D eigenvalue weighted by Gasteiger charge is -2.10. The van der Waals surface area contributed by atoms with Gasteiger partial charge in [-0.2, -0.15) is 0 Å². The molecular formula is C16H12ClN3O5S2. The number of amides is 1. The van der Waals surface area contributed by atoms with E-state index in [-0.39, 0.29) is 27.8 Å². The highest BCUT2D eigenvalue weighted by molar-refractivity contribution is 7.99. The molecule has 3 rings (SSSR count). The first-order valence-corrected chi connectivity index (χ1v) is 9.64. The Morgan fingerprint density at radius 1 is 1.44 bits per heavy atom. The Morgan fingerprint density at radius 3 is 2.93 bits per heavy atom. The van der Waals surface area contributed by atoms with Crippen molar-refractivity contribution in [1.82, 2.24) is 9.97 Å². The summed E-state index contributed by atoms with van der Waals surface area (Å²) in [5.74, 6) is -1.10. The van der Waals surface area contributed by atoms with Crippen LogP contribution in [-0.2, 0) is 4.79 Å². The Morgan fingerprint density at radius 2 is 2.22 bits per heavy atom. The Kier molecular flexibility index (Phi) is 5.68. The van der Waals surface area contributed by atoms with Crippen molar-refractivity contribution in [3.05, 3.63) is 44.5 Å². The number of carbonyl (C=O) groups excluding carboxylic acids is 1. The van der Waals surface area contributed by atoms with Crippen LogP contribution in [0.25, 0.3) is 10.2 Å². The number of aromatic amines is 1. The van der Waals surface area contributed by atoms with E-state index in [0.29, 0.717) is 21.3 Å². The van der Waals surface area contributed by atoms with Crippen LogP contribution in [0, 0.1) is 0 Å². The number of aromatic nitrogens is 2. The van der Waals surface area contributed by atoms with Gasteiger partial charge in [-0.1, -0.05) is 23.4 Å². The lowest BCUT2D eigenvalue weighted by molar-refractivity contribution is -0.113. The van der Waals surface area contributed by atoms with Gasteiger partial charge in [0.05, 0.1) is 29.5 Å². The van der Waals surface area contributed by atoms with Crippen LogP contribution in [0.2, 0.25) is 5.02 Å². The van der Waals surface area contributed by atoms with Gasteiger partial charge in [0.2, 0.25) is 5.91 Å². The minimum Gasteiger partial charge on any atom is -0.495 e. The molecule has 0 atom stereocenters. The Labute approximate surface area is 165 Å². The van der Waals surface area contributed by atoms with Gasteiger partial charge in [-0.3, -0.25) is 9.59 Å². The third-order valence-corrected chi connectivity index (χ3v) is 5.41. The summed E-state index contributed by atoms with van der Waals surface area (Å²) in [5.41, 5.74) is -0.221. The van der Waals surface area contributed by atoms with Crippen molar-refractivity contribution >= 4 is 62.5 Å². The van der Waals surface area contributed by atoms with Gasteiger partial charge in [0.25, 0.3) is 5.56 Å². The molecular weight excluding hydrogens is 414 g/mol. The number of thiophene rings is 1. The maximum Gasteiger partial charge on any atom is 0.337 e. The highest BCUT2D eigenvalue weighted by atomic mass is 35.5. The second-order valence-electron chi connectivity index (χ2n) is 5.19. The largest absolute Gasteiger partial charge is 0.495 e. The number of hydrogen-bond acceptors (Lipinski definition) is 7.